The van der Waals surface area contributed by atoms with Crippen LogP contribution in [0.25, 0.3) is 11.6 Å². The average Bonchev–Trinajstić information content (AvgIpc) is 2.97. The van der Waals surface area contributed by atoms with Crippen LogP contribution < -0.4 is 4.90 Å². The number of anilines is 2. The monoisotopic (exact) mass is 419 g/mol. The van der Waals surface area contributed by atoms with E-state index in [1.165, 1.54) is 23.1 Å². The van der Waals surface area contributed by atoms with Crippen LogP contribution in [0.4, 0.5) is 11.4 Å². The number of carbonyl (C=O) groups excluding carboxylic acids is 1. The van der Waals surface area contributed by atoms with Gasteiger partial charge < -0.3 is 10.2 Å². The molecule has 2 N–H and O–H groups in total. The Kier molecular flexibility index (Phi) is 4.84. The molecule has 3 aromatic carbocycles. The van der Waals surface area contributed by atoms with E-state index >= 15 is 0 Å². The number of phenols is 1. The lowest BCUT2D eigenvalue weighted by molar-refractivity contribution is -0.112. The number of hydrogen-bond acceptors (Lipinski definition) is 3. The lowest BCUT2D eigenvalue weighted by Crippen LogP contribution is -2.20. The maximum atomic E-state index is 13.5. The SMILES string of the molecule is Cc1cccc(Cl)c1/C=C1/C(=O)N(c2ccc(C(=O)O)c(O)c2)c2cccc(C)c21. The number of aromatic hydroxyl groups is 1. The first kappa shape index (κ1) is 19.7. The molecule has 30 heavy (non-hydrogen) atoms. The van der Waals surface area contributed by atoms with E-state index in [9.17, 15) is 14.7 Å². The van der Waals surface area contributed by atoms with Crippen molar-refractivity contribution >= 4 is 46.5 Å². The van der Waals surface area contributed by atoms with Crippen molar-refractivity contribution in [2.45, 2.75) is 13.8 Å². The maximum absolute atomic E-state index is 13.5. The molecular weight excluding hydrogens is 402 g/mol. The summed E-state index contributed by atoms with van der Waals surface area (Å²) < 4.78 is 0. The van der Waals surface area contributed by atoms with Crippen molar-refractivity contribution in [1.82, 2.24) is 0 Å². The molecule has 4 rings (SSSR count). The molecule has 0 bridgehead atoms. The average molecular weight is 420 g/mol. The Hall–Kier alpha value is -3.57. The van der Waals surface area contributed by atoms with E-state index in [0.29, 0.717) is 22.0 Å². The summed E-state index contributed by atoms with van der Waals surface area (Å²) in [4.78, 5) is 26.2. The Labute approximate surface area is 178 Å². The van der Waals surface area contributed by atoms with Gasteiger partial charge in [-0.25, -0.2) is 4.79 Å². The van der Waals surface area contributed by atoms with Crippen LogP contribution in [0.15, 0.2) is 54.6 Å². The highest BCUT2D eigenvalue weighted by atomic mass is 35.5. The van der Waals surface area contributed by atoms with E-state index in [-0.39, 0.29) is 11.5 Å². The summed E-state index contributed by atoms with van der Waals surface area (Å²) >= 11 is 6.39. The van der Waals surface area contributed by atoms with E-state index in [0.717, 1.165) is 22.3 Å². The van der Waals surface area contributed by atoms with Gasteiger partial charge in [-0.15, -0.1) is 0 Å². The molecule has 5 nitrogen and oxygen atoms in total. The van der Waals surface area contributed by atoms with E-state index in [1.807, 2.05) is 44.2 Å². The van der Waals surface area contributed by atoms with E-state index in [2.05, 4.69) is 0 Å². The minimum Gasteiger partial charge on any atom is -0.507 e. The fourth-order valence-corrected chi connectivity index (χ4v) is 4.00. The molecule has 1 amide bonds. The number of rotatable bonds is 3. The van der Waals surface area contributed by atoms with Gasteiger partial charge in [0.25, 0.3) is 5.91 Å². The predicted octanol–water partition coefficient (Wildman–Crippen LogP) is 5.58. The first-order valence-corrected chi connectivity index (χ1v) is 9.65. The second kappa shape index (κ2) is 7.35. The third kappa shape index (κ3) is 3.13. The van der Waals surface area contributed by atoms with Gasteiger partial charge in [-0.3, -0.25) is 9.69 Å². The van der Waals surface area contributed by atoms with Gasteiger partial charge in [-0.2, -0.15) is 0 Å². The van der Waals surface area contributed by atoms with Gasteiger partial charge in [0.05, 0.1) is 16.9 Å². The van der Waals surface area contributed by atoms with Crippen molar-refractivity contribution in [1.29, 1.82) is 0 Å². The molecule has 1 heterocycles. The summed E-state index contributed by atoms with van der Waals surface area (Å²) in [6.45, 7) is 3.85. The number of carboxylic acid groups (broad SMARTS) is 1. The van der Waals surface area contributed by atoms with Gasteiger partial charge in [0.15, 0.2) is 0 Å². The molecule has 0 fully saturated rings. The van der Waals surface area contributed by atoms with Crippen molar-refractivity contribution in [2.75, 3.05) is 4.90 Å². The summed E-state index contributed by atoms with van der Waals surface area (Å²) in [5.74, 6) is -1.92. The Bertz CT molecular complexity index is 1230. The molecule has 3 aromatic rings. The highest BCUT2D eigenvalue weighted by molar-refractivity contribution is 6.39. The van der Waals surface area contributed by atoms with Crippen LogP contribution in [0.5, 0.6) is 5.75 Å². The smallest absolute Gasteiger partial charge is 0.339 e. The van der Waals surface area contributed by atoms with Crippen molar-refractivity contribution in [2.24, 2.45) is 0 Å². The third-order valence-electron chi connectivity index (χ3n) is 5.22. The Morgan fingerprint density at radius 3 is 2.40 bits per heavy atom. The number of fused-ring (bicyclic) bond motifs is 1. The molecule has 0 aromatic heterocycles. The van der Waals surface area contributed by atoms with Crippen molar-refractivity contribution in [3.63, 3.8) is 0 Å². The number of benzene rings is 3. The normalized spacial score (nSPS) is 14.3. The minimum atomic E-state index is -1.24. The number of carbonyl (C=O) groups is 2. The predicted molar refractivity (Wildman–Crippen MR) is 117 cm³/mol. The molecule has 6 heteroatoms. The maximum Gasteiger partial charge on any atom is 0.339 e. The van der Waals surface area contributed by atoms with Crippen LogP contribution in [0.2, 0.25) is 5.02 Å². The number of aryl methyl sites for hydroxylation is 2. The van der Waals surface area contributed by atoms with Crippen LogP contribution in [0, 0.1) is 13.8 Å². The minimum absolute atomic E-state index is 0.225. The molecule has 1 aliphatic heterocycles. The van der Waals surface area contributed by atoms with Gasteiger partial charge >= 0.3 is 5.97 Å². The number of hydrogen-bond donors (Lipinski definition) is 2. The number of halogens is 1. The largest absolute Gasteiger partial charge is 0.507 e. The number of aromatic carboxylic acids is 1. The summed E-state index contributed by atoms with van der Waals surface area (Å²) in [7, 11) is 0. The van der Waals surface area contributed by atoms with Crippen LogP contribution in [-0.2, 0) is 4.79 Å². The molecular formula is C24H18ClNO4. The zero-order valence-corrected chi connectivity index (χ0v) is 17.1. The quantitative estimate of drug-likeness (QED) is 0.543. The lowest BCUT2D eigenvalue weighted by atomic mass is 9.98. The van der Waals surface area contributed by atoms with Crippen molar-refractivity contribution in [3.8, 4) is 5.75 Å². The lowest BCUT2D eigenvalue weighted by Gasteiger charge is -2.18. The number of amides is 1. The zero-order chi connectivity index (χ0) is 21.6. The fourth-order valence-electron chi connectivity index (χ4n) is 3.73. The first-order valence-electron chi connectivity index (χ1n) is 9.27. The molecule has 0 spiro atoms. The van der Waals surface area contributed by atoms with Crippen LogP contribution in [-0.4, -0.2) is 22.1 Å². The molecule has 150 valence electrons. The third-order valence-corrected chi connectivity index (χ3v) is 5.55. The molecule has 0 saturated carbocycles. The molecule has 0 atom stereocenters. The molecule has 0 unspecified atom stereocenters. The van der Waals surface area contributed by atoms with Crippen LogP contribution in [0.1, 0.15) is 32.6 Å². The molecule has 1 aliphatic rings. The first-order chi connectivity index (χ1) is 14.3. The summed E-state index contributed by atoms with van der Waals surface area (Å²) in [5.41, 5.74) is 4.72. The molecule has 0 radical (unpaired) electrons. The Balaban J connectivity index is 1.92. The number of carboxylic acids is 1. The highest BCUT2D eigenvalue weighted by Crippen LogP contribution is 2.45. The van der Waals surface area contributed by atoms with Crippen molar-refractivity contribution in [3.05, 3.63) is 87.4 Å². The summed E-state index contributed by atoms with van der Waals surface area (Å²) in [6, 6.07) is 15.2. The van der Waals surface area contributed by atoms with Crippen molar-refractivity contribution < 1.29 is 19.8 Å². The molecule has 0 saturated heterocycles. The van der Waals surface area contributed by atoms with Gasteiger partial charge in [0.1, 0.15) is 11.3 Å². The van der Waals surface area contributed by atoms with Crippen LogP contribution in [0.3, 0.4) is 0 Å². The highest BCUT2D eigenvalue weighted by Gasteiger charge is 2.35. The van der Waals surface area contributed by atoms with Crippen LogP contribution >= 0.6 is 11.6 Å². The topological polar surface area (TPSA) is 77.8 Å². The van der Waals surface area contributed by atoms with E-state index in [4.69, 9.17) is 16.7 Å². The second-order valence-corrected chi connectivity index (χ2v) is 7.55. The van der Waals surface area contributed by atoms with Gasteiger partial charge in [0.2, 0.25) is 0 Å². The Morgan fingerprint density at radius 1 is 1.03 bits per heavy atom. The van der Waals surface area contributed by atoms with Gasteiger partial charge in [-0.05, 0) is 60.9 Å². The number of nitrogens with zero attached hydrogens (tertiary/aromatic N) is 1. The molecule has 0 aliphatic carbocycles. The van der Waals surface area contributed by atoms with E-state index < -0.39 is 11.7 Å². The Morgan fingerprint density at radius 2 is 1.73 bits per heavy atom. The second-order valence-electron chi connectivity index (χ2n) is 7.14. The zero-order valence-electron chi connectivity index (χ0n) is 16.3. The fraction of sp³-hybridized carbons (Fsp3) is 0.0833. The van der Waals surface area contributed by atoms with Gasteiger partial charge in [-0.1, -0.05) is 35.9 Å². The standard InChI is InChI=1S/C24H18ClNO4/c1-13-5-3-7-19(25)17(13)12-18-22-14(2)6-4-8-20(22)26(23(18)28)15-9-10-16(24(29)30)21(27)11-15/h3-12,27H,1-2H3,(H,29,30)/b18-12+. The van der Waals surface area contributed by atoms with E-state index in [1.54, 1.807) is 12.1 Å². The van der Waals surface area contributed by atoms with Gasteiger partial charge in [0, 0.05) is 16.7 Å². The summed E-state index contributed by atoms with van der Waals surface area (Å²) in [5, 5.41) is 19.8. The summed E-state index contributed by atoms with van der Waals surface area (Å²) in [6.07, 6.45) is 1.79.